The molecule has 1 atom stereocenters. The van der Waals surface area contributed by atoms with Crippen LogP contribution < -0.4 is 5.73 Å². The first-order chi connectivity index (χ1) is 4.22. The maximum Gasteiger partial charge on any atom is 0.166 e. The summed E-state index contributed by atoms with van der Waals surface area (Å²) in [6.07, 6.45) is 1.29. The zero-order valence-electron chi connectivity index (χ0n) is 5.10. The van der Waals surface area contributed by atoms with Crippen LogP contribution in [-0.4, -0.2) is 0 Å². The summed E-state index contributed by atoms with van der Waals surface area (Å²) in [5.74, 6) is -0.153. The summed E-state index contributed by atoms with van der Waals surface area (Å²) in [7, 11) is 0. The minimum atomic E-state index is -0.370. The highest BCUT2D eigenvalue weighted by atomic mass is 19.1. The fraction of sp³-hybridized carbons (Fsp3) is 0.333. The van der Waals surface area contributed by atoms with E-state index in [1.807, 2.05) is 0 Å². The molecule has 9 heavy (non-hydrogen) atoms. The van der Waals surface area contributed by atoms with Crippen molar-refractivity contribution in [1.29, 1.82) is 0 Å². The van der Waals surface area contributed by atoms with Crippen molar-refractivity contribution in [2.45, 2.75) is 13.0 Å². The largest absolute Gasteiger partial charge is 0.465 e. The Bertz CT molecular complexity index is 195. The van der Waals surface area contributed by atoms with E-state index in [2.05, 4.69) is 0 Å². The molecule has 1 aromatic heterocycles. The van der Waals surface area contributed by atoms with Crippen molar-refractivity contribution in [2.75, 3.05) is 0 Å². The molecule has 1 rings (SSSR count). The third-order valence-electron chi connectivity index (χ3n) is 1.06. The van der Waals surface area contributed by atoms with Gasteiger partial charge in [-0.05, 0) is 6.92 Å². The monoisotopic (exact) mass is 129 g/mol. The van der Waals surface area contributed by atoms with Gasteiger partial charge in [-0.2, -0.15) is 0 Å². The molecule has 50 valence electrons. The SMILES string of the molecule is CC(N)c1occc1F. The second kappa shape index (κ2) is 2.19. The summed E-state index contributed by atoms with van der Waals surface area (Å²) in [5.41, 5.74) is 5.33. The number of hydrogen-bond acceptors (Lipinski definition) is 2. The molecule has 1 aromatic rings. The molecule has 1 unspecified atom stereocenters. The van der Waals surface area contributed by atoms with Gasteiger partial charge in [0.05, 0.1) is 12.3 Å². The minimum Gasteiger partial charge on any atom is -0.465 e. The van der Waals surface area contributed by atoms with Gasteiger partial charge in [-0.15, -0.1) is 0 Å². The Morgan fingerprint density at radius 3 is 2.67 bits per heavy atom. The summed E-state index contributed by atoms with van der Waals surface area (Å²) in [5, 5.41) is 0. The molecule has 0 aliphatic heterocycles. The molecular weight excluding hydrogens is 121 g/mol. The van der Waals surface area contributed by atoms with Crippen LogP contribution >= 0.6 is 0 Å². The molecule has 1 heterocycles. The van der Waals surface area contributed by atoms with Gasteiger partial charge in [0.15, 0.2) is 11.6 Å². The zero-order chi connectivity index (χ0) is 6.85. The first kappa shape index (κ1) is 6.29. The van der Waals surface area contributed by atoms with Gasteiger partial charge in [-0.3, -0.25) is 0 Å². The highest BCUT2D eigenvalue weighted by molar-refractivity contribution is 5.05. The molecule has 0 spiro atoms. The summed E-state index contributed by atoms with van der Waals surface area (Å²) < 4.78 is 17.2. The van der Waals surface area contributed by atoms with E-state index in [-0.39, 0.29) is 17.6 Å². The second-order valence-electron chi connectivity index (χ2n) is 1.92. The maximum atomic E-state index is 12.4. The number of rotatable bonds is 1. The molecule has 2 nitrogen and oxygen atoms in total. The van der Waals surface area contributed by atoms with Crippen LogP contribution in [0.5, 0.6) is 0 Å². The van der Waals surface area contributed by atoms with E-state index in [0.29, 0.717) is 0 Å². The van der Waals surface area contributed by atoms with Crippen molar-refractivity contribution in [2.24, 2.45) is 5.73 Å². The van der Waals surface area contributed by atoms with E-state index in [1.165, 1.54) is 12.3 Å². The summed E-state index contributed by atoms with van der Waals surface area (Å²) in [6, 6.07) is 0.888. The van der Waals surface area contributed by atoms with Crippen LogP contribution in [-0.2, 0) is 0 Å². The molecule has 0 bridgehead atoms. The van der Waals surface area contributed by atoms with Gasteiger partial charge < -0.3 is 10.2 Å². The Morgan fingerprint density at radius 2 is 2.44 bits per heavy atom. The molecule has 0 saturated carbocycles. The lowest BCUT2D eigenvalue weighted by atomic mass is 10.3. The van der Waals surface area contributed by atoms with Crippen molar-refractivity contribution >= 4 is 0 Å². The minimum absolute atomic E-state index is 0.218. The molecule has 0 radical (unpaired) electrons. The summed E-state index contributed by atoms with van der Waals surface area (Å²) in [4.78, 5) is 0. The molecular formula is C6H8FNO. The molecule has 0 aliphatic carbocycles. The number of halogens is 1. The lowest BCUT2D eigenvalue weighted by Gasteiger charge is -1.97. The first-order valence-electron chi connectivity index (χ1n) is 2.70. The van der Waals surface area contributed by atoms with Gasteiger partial charge in [-0.1, -0.05) is 0 Å². The number of nitrogens with two attached hydrogens (primary N) is 1. The van der Waals surface area contributed by atoms with Crippen LogP contribution in [0.2, 0.25) is 0 Å². The van der Waals surface area contributed by atoms with Gasteiger partial charge >= 0.3 is 0 Å². The van der Waals surface area contributed by atoms with E-state index in [0.717, 1.165) is 0 Å². The average molecular weight is 129 g/mol. The van der Waals surface area contributed by atoms with Crippen LogP contribution in [0.15, 0.2) is 16.7 Å². The normalized spacial score (nSPS) is 13.7. The van der Waals surface area contributed by atoms with Crippen LogP contribution in [0.25, 0.3) is 0 Å². The Labute approximate surface area is 52.5 Å². The van der Waals surface area contributed by atoms with Crippen LogP contribution in [0.3, 0.4) is 0 Å². The number of furan rings is 1. The molecule has 0 aromatic carbocycles. The lowest BCUT2D eigenvalue weighted by molar-refractivity contribution is 0.445. The van der Waals surface area contributed by atoms with Gasteiger partial charge in [0.25, 0.3) is 0 Å². The molecule has 3 heteroatoms. The van der Waals surface area contributed by atoms with Crippen molar-refractivity contribution in [3.8, 4) is 0 Å². The van der Waals surface area contributed by atoms with Crippen molar-refractivity contribution in [3.05, 3.63) is 23.9 Å². The van der Waals surface area contributed by atoms with E-state index in [9.17, 15) is 4.39 Å². The second-order valence-corrected chi connectivity index (χ2v) is 1.92. The van der Waals surface area contributed by atoms with Crippen LogP contribution in [0, 0.1) is 5.82 Å². The average Bonchev–Trinajstić information content (AvgIpc) is 2.13. The van der Waals surface area contributed by atoms with E-state index >= 15 is 0 Å². The Balaban J connectivity index is 2.94. The number of hydrogen-bond donors (Lipinski definition) is 1. The van der Waals surface area contributed by atoms with Crippen molar-refractivity contribution < 1.29 is 8.81 Å². The highest BCUT2D eigenvalue weighted by Gasteiger charge is 2.08. The summed E-state index contributed by atoms with van der Waals surface area (Å²) in [6.45, 7) is 1.67. The highest BCUT2D eigenvalue weighted by Crippen LogP contribution is 2.14. The fourth-order valence-electron chi connectivity index (χ4n) is 0.630. The Hall–Kier alpha value is -0.830. The van der Waals surface area contributed by atoms with E-state index < -0.39 is 0 Å². The summed E-state index contributed by atoms with van der Waals surface area (Å²) >= 11 is 0. The third-order valence-corrected chi connectivity index (χ3v) is 1.06. The predicted molar refractivity (Wildman–Crippen MR) is 31.3 cm³/mol. The molecule has 0 amide bonds. The maximum absolute atomic E-state index is 12.4. The fourth-order valence-corrected chi connectivity index (χ4v) is 0.630. The van der Waals surface area contributed by atoms with E-state index in [4.69, 9.17) is 10.2 Å². The van der Waals surface area contributed by atoms with Gasteiger partial charge in [0.1, 0.15) is 0 Å². The topological polar surface area (TPSA) is 39.2 Å². The van der Waals surface area contributed by atoms with Crippen LogP contribution in [0.1, 0.15) is 18.7 Å². The molecule has 0 fully saturated rings. The van der Waals surface area contributed by atoms with Crippen molar-refractivity contribution in [3.63, 3.8) is 0 Å². The molecule has 0 saturated heterocycles. The quantitative estimate of drug-likeness (QED) is 0.623. The van der Waals surface area contributed by atoms with Gasteiger partial charge in [0.2, 0.25) is 0 Å². The molecule has 0 aliphatic rings. The first-order valence-corrected chi connectivity index (χ1v) is 2.70. The van der Waals surface area contributed by atoms with E-state index in [1.54, 1.807) is 6.92 Å². The van der Waals surface area contributed by atoms with Crippen LogP contribution in [0.4, 0.5) is 4.39 Å². The standard InChI is InChI=1S/C6H8FNO/c1-4(8)6-5(7)2-3-9-6/h2-4H,8H2,1H3. The smallest absolute Gasteiger partial charge is 0.166 e. The lowest BCUT2D eigenvalue weighted by Crippen LogP contribution is -2.04. The zero-order valence-corrected chi connectivity index (χ0v) is 5.10. The predicted octanol–water partition coefficient (Wildman–Crippen LogP) is 1.44. The third kappa shape index (κ3) is 1.10. The Kier molecular flexibility index (Phi) is 1.53. The van der Waals surface area contributed by atoms with Gasteiger partial charge in [0, 0.05) is 6.07 Å². The van der Waals surface area contributed by atoms with Gasteiger partial charge in [-0.25, -0.2) is 4.39 Å². The van der Waals surface area contributed by atoms with Crippen molar-refractivity contribution in [1.82, 2.24) is 0 Å². The Morgan fingerprint density at radius 1 is 1.78 bits per heavy atom. The molecule has 2 N–H and O–H groups in total.